The summed E-state index contributed by atoms with van der Waals surface area (Å²) in [5.41, 5.74) is -3.89. The zero-order valence-electron chi connectivity index (χ0n) is 30.9. The predicted octanol–water partition coefficient (Wildman–Crippen LogP) is 7.85. The Morgan fingerprint density at radius 3 is 0.915 bits per heavy atom. The van der Waals surface area contributed by atoms with Gasteiger partial charge in [0, 0.05) is 5.41 Å². The highest BCUT2D eigenvalue weighted by molar-refractivity contribution is 6.04. The third-order valence-corrected chi connectivity index (χ3v) is 6.51. The molecule has 260 valence electrons. The van der Waals surface area contributed by atoms with Crippen LogP contribution in [0.2, 0.25) is 0 Å². The molecule has 2 aromatic rings. The van der Waals surface area contributed by atoms with Gasteiger partial charge in [-0.05, 0) is 106 Å². The number of rotatable bonds is 8. The fourth-order valence-electron chi connectivity index (χ4n) is 4.83. The highest BCUT2D eigenvalue weighted by Crippen LogP contribution is 2.44. The lowest BCUT2D eigenvalue weighted by Gasteiger charge is -2.33. The van der Waals surface area contributed by atoms with Gasteiger partial charge in [-0.1, -0.05) is 26.0 Å². The molecule has 47 heavy (non-hydrogen) atoms. The number of hydrogen-bond acceptors (Lipinski definition) is 10. The second-order valence-corrected chi connectivity index (χ2v) is 15.8. The Balaban J connectivity index is 3.08. The Morgan fingerprint density at radius 1 is 0.426 bits per heavy atom. The van der Waals surface area contributed by atoms with Crippen molar-refractivity contribution in [3.63, 3.8) is 0 Å². The molecule has 2 rings (SSSR count). The quantitative estimate of drug-likeness (QED) is 0.205. The van der Waals surface area contributed by atoms with Gasteiger partial charge in [0.25, 0.3) is 0 Å². The fourth-order valence-corrected chi connectivity index (χ4v) is 4.83. The fraction of sp³-hybridized carbons (Fsp3) is 0.568. The lowest BCUT2D eigenvalue weighted by atomic mass is 9.73. The van der Waals surface area contributed by atoms with Crippen LogP contribution >= 0.6 is 0 Å². The number of carbonyl (C=O) groups is 4. The van der Waals surface area contributed by atoms with Gasteiger partial charge >= 0.3 is 23.9 Å². The van der Waals surface area contributed by atoms with Crippen molar-refractivity contribution < 1.29 is 47.6 Å². The summed E-state index contributed by atoms with van der Waals surface area (Å²) >= 11 is 0. The Labute approximate surface area is 279 Å². The van der Waals surface area contributed by atoms with Crippen LogP contribution in [0.25, 0.3) is 0 Å². The van der Waals surface area contributed by atoms with E-state index in [0.29, 0.717) is 11.1 Å². The number of benzene rings is 2. The molecule has 0 atom stereocenters. The van der Waals surface area contributed by atoms with Crippen LogP contribution in [0.4, 0.5) is 0 Å². The van der Waals surface area contributed by atoms with E-state index in [-0.39, 0.29) is 33.8 Å². The number of carbonyl (C=O) groups excluding carboxylic acids is 4. The van der Waals surface area contributed by atoms with Crippen molar-refractivity contribution in [2.45, 2.75) is 125 Å². The van der Waals surface area contributed by atoms with Crippen LogP contribution in [0.15, 0.2) is 24.3 Å². The van der Waals surface area contributed by atoms with E-state index in [2.05, 4.69) is 0 Å². The van der Waals surface area contributed by atoms with Crippen LogP contribution in [0.1, 0.15) is 149 Å². The van der Waals surface area contributed by atoms with E-state index in [1.165, 1.54) is 26.4 Å². The van der Waals surface area contributed by atoms with Crippen LogP contribution in [-0.2, 0) is 24.4 Å². The molecule has 10 heteroatoms. The largest absolute Gasteiger partial charge is 0.495 e. The normalized spacial score (nSPS) is 12.6. The Kier molecular flexibility index (Phi) is 11.3. The summed E-state index contributed by atoms with van der Waals surface area (Å²) in [5.74, 6) is -2.98. The first-order chi connectivity index (χ1) is 21.1. The van der Waals surface area contributed by atoms with E-state index in [9.17, 15) is 19.2 Å². The van der Waals surface area contributed by atoms with E-state index >= 15 is 0 Å². The van der Waals surface area contributed by atoms with Crippen molar-refractivity contribution in [1.29, 1.82) is 0 Å². The Hall–Kier alpha value is -4.08. The molecular formula is C37H52O10. The molecular weight excluding hydrogens is 604 g/mol. The second-order valence-electron chi connectivity index (χ2n) is 15.8. The molecule has 0 bridgehead atoms. The maximum Gasteiger partial charge on any atom is 0.342 e. The summed E-state index contributed by atoms with van der Waals surface area (Å²) in [6, 6.07) is 6.23. The average molecular weight is 657 g/mol. The highest BCUT2D eigenvalue weighted by Gasteiger charge is 2.40. The van der Waals surface area contributed by atoms with Crippen LogP contribution in [-0.4, -0.2) is 60.5 Å². The van der Waals surface area contributed by atoms with Gasteiger partial charge in [0.2, 0.25) is 0 Å². The molecule has 0 heterocycles. The molecule has 0 saturated carbocycles. The summed E-state index contributed by atoms with van der Waals surface area (Å²) < 4.78 is 34.3. The lowest BCUT2D eigenvalue weighted by Crippen LogP contribution is -2.32. The first-order valence-corrected chi connectivity index (χ1v) is 15.5. The smallest absolute Gasteiger partial charge is 0.342 e. The molecule has 0 fully saturated rings. The molecule has 0 aliphatic rings. The van der Waals surface area contributed by atoms with E-state index < -0.39 is 51.7 Å². The molecule has 0 radical (unpaired) electrons. The molecule has 2 aromatic carbocycles. The van der Waals surface area contributed by atoms with Crippen molar-refractivity contribution in [2.75, 3.05) is 14.2 Å². The van der Waals surface area contributed by atoms with Gasteiger partial charge in [0.15, 0.2) is 0 Å². The summed E-state index contributed by atoms with van der Waals surface area (Å²) in [5, 5.41) is 0. The number of hydrogen-bond donors (Lipinski definition) is 0. The zero-order valence-corrected chi connectivity index (χ0v) is 30.9. The van der Waals surface area contributed by atoms with Crippen LogP contribution in [0, 0.1) is 0 Å². The molecule has 10 nitrogen and oxygen atoms in total. The minimum Gasteiger partial charge on any atom is -0.495 e. The summed E-state index contributed by atoms with van der Waals surface area (Å²) in [6.45, 7) is 24.3. The second kappa shape index (κ2) is 13.6. The van der Waals surface area contributed by atoms with Gasteiger partial charge in [-0.3, -0.25) is 0 Å². The number of esters is 4. The Morgan fingerprint density at radius 2 is 0.681 bits per heavy atom. The number of ether oxygens (including phenoxy) is 6. The maximum atomic E-state index is 14.0. The summed E-state index contributed by atoms with van der Waals surface area (Å²) in [4.78, 5) is 54.6. The molecule has 0 aromatic heterocycles. The molecule has 0 amide bonds. The molecule has 0 aliphatic carbocycles. The monoisotopic (exact) mass is 656 g/mol. The van der Waals surface area contributed by atoms with Gasteiger partial charge in [-0.15, -0.1) is 0 Å². The zero-order chi connectivity index (χ0) is 36.5. The van der Waals surface area contributed by atoms with Gasteiger partial charge in [0.05, 0.1) is 14.2 Å². The first kappa shape index (κ1) is 39.1. The van der Waals surface area contributed by atoms with Crippen molar-refractivity contribution >= 4 is 23.9 Å². The Bertz CT molecular complexity index is 1410. The highest BCUT2D eigenvalue weighted by atomic mass is 16.6. The van der Waals surface area contributed by atoms with Crippen LogP contribution in [0.5, 0.6) is 11.5 Å². The predicted molar refractivity (Wildman–Crippen MR) is 179 cm³/mol. The molecule has 0 N–H and O–H groups in total. The minimum absolute atomic E-state index is 0.0213. The van der Waals surface area contributed by atoms with Gasteiger partial charge in [-0.25, -0.2) is 19.2 Å². The van der Waals surface area contributed by atoms with Crippen molar-refractivity contribution in [1.82, 2.24) is 0 Å². The maximum absolute atomic E-state index is 14.0. The number of methoxy groups -OCH3 is 2. The first-order valence-electron chi connectivity index (χ1n) is 15.5. The average Bonchev–Trinajstić information content (AvgIpc) is 2.87. The standard InChI is InChI=1S/C37H52O10/c1-33(2,3)44-29(38)21-17-19-23(25(27(21)42-15)31(40)46-35(7,8)9)37(13,14)24-20-18-22(30(39)45-34(4,5)6)28(43-16)26(24)32(41)47-36(10,11)12/h17-20H,1-16H3. The van der Waals surface area contributed by atoms with Crippen molar-refractivity contribution in [3.8, 4) is 11.5 Å². The summed E-state index contributed by atoms with van der Waals surface area (Å²) in [7, 11) is 2.69. The van der Waals surface area contributed by atoms with Gasteiger partial charge in [-0.2, -0.15) is 0 Å². The van der Waals surface area contributed by atoms with Gasteiger partial charge < -0.3 is 28.4 Å². The topological polar surface area (TPSA) is 124 Å². The van der Waals surface area contributed by atoms with Crippen LogP contribution < -0.4 is 9.47 Å². The summed E-state index contributed by atoms with van der Waals surface area (Å²) in [6.07, 6.45) is 0. The van der Waals surface area contributed by atoms with E-state index in [0.717, 1.165) is 0 Å². The van der Waals surface area contributed by atoms with Gasteiger partial charge in [0.1, 0.15) is 56.2 Å². The van der Waals surface area contributed by atoms with E-state index in [4.69, 9.17) is 28.4 Å². The molecule has 0 saturated heterocycles. The van der Waals surface area contributed by atoms with Crippen LogP contribution in [0.3, 0.4) is 0 Å². The van der Waals surface area contributed by atoms with E-state index in [1.807, 2.05) is 0 Å². The van der Waals surface area contributed by atoms with Crippen molar-refractivity contribution in [2.24, 2.45) is 0 Å². The third-order valence-electron chi connectivity index (χ3n) is 6.51. The molecule has 0 spiro atoms. The van der Waals surface area contributed by atoms with E-state index in [1.54, 1.807) is 109 Å². The third kappa shape index (κ3) is 9.95. The lowest BCUT2D eigenvalue weighted by molar-refractivity contribution is 0.00402. The minimum atomic E-state index is -1.18. The molecule has 0 unspecified atom stereocenters. The van der Waals surface area contributed by atoms with Crippen molar-refractivity contribution in [3.05, 3.63) is 57.6 Å². The SMILES string of the molecule is COc1c(C(=O)OC(C)(C)C)ccc(C(C)(C)c2ccc(C(=O)OC(C)(C)C)c(OC)c2C(=O)OC(C)(C)C)c1C(=O)OC(C)(C)C. The molecule has 0 aliphatic heterocycles.